The number of hydrogen-bond donors (Lipinski definition) is 4. The summed E-state index contributed by atoms with van der Waals surface area (Å²) in [6.07, 6.45) is 0. The molecule has 2 rings (SSSR count). The Hall–Kier alpha value is -2.21. The van der Waals surface area contributed by atoms with E-state index in [0.29, 0.717) is 17.1 Å². The molecule has 0 fully saturated rings. The second kappa shape index (κ2) is 3.74. The number of phenolic OH excluding ortho intramolecular Hbond substituents is 1. The van der Waals surface area contributed by atoms with Crippen molar-refractivity contribution in [2.24, 2.45) is 0 Å². The monoisotopic (exact) mass is 220 g/mol. The van der Waals surface area contributed by atoms with Gasteiger partial charge in [0.05, 0.1) is 17.9 Å². The van der Waals surface area contributed by atoms with Gasteiger partial charge in [0, 0.05) is 0 Å². The van der Waals surface area contributed by atoms with E-state index in [-0.39, 0.29) is 18.2 Å². The number of nitrogens with zero attached hydrogens (tertiary/aromatic N) is 2. The average Bonchev–Trinajstić information content (AvgIpc) is 2.55. The summed E-state index contributed by atoms with van der Waals surface area (Å²) in [6.45, 7) is -0.254. The van der Waals surface area contributed by atoms with Crippen molar-refractivity contribution >= 4 is 11.6 Å². The van der Waals surface area contributed by atoms with E-state index in [1.165, 1.54) is 16.8 Å². The molecular formula is C10H12N4O2. The number of anilines is 2. The molecule has 2 aromatic rings. The summed E-state index contributed by atoms with van der Waals surface area (Å²) in [6, 6.07) is 6.34. The molecule has 0 amide bonds. The summed E-state index contributed by atoms with van der Waals surface area (Å²) in [5.74, 6) is 0.656. The summed E-state index contributed by atoms with van der Waals surface area (Å²) in [7, 11) is 0. The lowest BCUT2D eigenvalue weighted by atomic mass is 10.3. The number of aromatic nitrogens is 2. The number of rotatable bonds is 2. The van der Waals surface area contributed by atoms with Crippen molar-refractivity contribution in [1.29, 1.82) is 0 Å². The highest BCUT2D eigenvalue weighted by molar-refractivity contribution is 5.57. The van der Waals surface area contributed by atoms with Crippen molar-refractivity contribution in [3.63, 3.8) is 0 Å². The maximum Gasteiger partial charge on any atom is 0.153 e. The minimum Gasteiger partial charge on any atom is -0.508 e. The largest absolute Gasteiger partial charge is 0.508 e. The average molecular weight is 220 g/mol. The molecule has 1 aromatic heterocycles. The van der Waals surface area contributed by atoms with Crippen LogP contribution in [0.4, 0.5) is 11.6 Å². The number of aromatic hydroxyl groups is 1. The van der Waals surface area contributed by atoms with Gasteiger partial charge in [0.1, 0.15) is 11.6 Å². The quantitative estimate of drug-likeness (QED) is 0.579. The Bertz CT molecular complexity index is 504. The van der Waals surface area contributed by atoms with Gasteiger partial charge in [-0.15, -0.1) is 5.10 Å². The third-order valence-electron chi connectivity index (χ3n) is 2.31. The van der Waals surface area contributed by atoms with Crippen molar-refractivity contribution in [2.45, 2.75) is 6.61 Å². The number of benzene rings is 1. The summed E-state index contributed by atoms with van der Waals surface area (Å²) >= 11 is 0. The Morgan fingerprint density at radius 2 is 1.81 bits per heavy atom. The van der Waals surface area contributed by atoms with Gasteiger partial charge >= 0.3 is 0 Å². The third kappa shape index (κ3) is 1.55. The van der Waals surface area contributed by atoms with Gasteiger partial charge in [0.25, 0.3) is 0 Å². The fourth-order valence-corrected chi connectivity index (χ4v) is 1.43. The normalized spacial score (nSPS) is 10.6. The number of aliphatic hydroxyl groups is 1. The third-order valence-corrected chi connectivity index (χ3v) is 2.31. The van der Waals surface area contributed by atoms with Crippen LogP contribution in [0.25, 0.3) is 5.69 Å². The standard InChI is InChI=1S/C10H12N4O2/c11-9-8(5-15)10(12)14(13-9)6-1-3-7(16)4-2-6/h1-4,15-16H,5,12H2,(H2,11,13). The molecule has 0 spiro atoms. The summed E-state index contributed by atoms with van der Waals surface area (Å²) < 4.78 is 1.42. The summed E-state index contributed by atoms with van der Waals surface area (Å²) in [4.78, 5) is 0. The molecule has 1 aromatic carbocycles. The van der Waals surface area contributed by atoms with Gasteiger partial charge in [-0.25, -0.2) is 4.68 Å². The predicted molar refractivity (Wildman–Crippen MR) is 60.0 cm³/mol. The SMILES string of the molecule is Nc1nn(-c2ccc(O)cc2)c(N)c1CO. The number of nitrogens with two attached hydrogens (primary N) is 2. The zero-order chi connectivity index (χ0) is 11.7. The van der Waals surface area contributed by atoms with Gasteiger partial charge < -0.3 is 21.7 Å². The Kier molecular flexibility index (Phi) is 2.41. The van der Waals surface area contributed by atoms with Gasteiger partial charge in [0.2, 0.25) is 0 Å². The van der Waals surface area contributed by atoms with Crippen LogP contribution in [-0.2, 0) is 6.61 Å². The Morgan fingerprint density at radius 3 is 2.31 bits per heavy atom. The second-order valence-electron chi connectivity index (χ2n) is 3.34. The molecule has 0 bridgehead atoms. The minimum atomic E-state index is -0.254. The number of aliphatic hydroxyl groups excluding tert-OH is 1. The van der Waals surface area contributed by atoms with Crippen LogP contribution in [0.5, 0.6) is 5.75 Å². The maximum absolute atomic E-state index is 9.15. The molecule has 84 valence electrons. The Labute approximate surface area is 91.7 Å². The molecule has 16 heavy (non-hydrogen) atoms. The molecule has 0 radical (unpaired) electrons. The van der Waals surface area contributed by atoms with Gasteiger partial charge in [-0.2, -0.15) is 0 Å². The van der Waals surface area contributed by atoms with E-state index in [4.69, 9.17) is 21.7 Å². The van der Waals surface area contributed by atoms with Crippen LogP contribution in [0, 0.1) is 0 Å². The van der Waals surface area contributed by atoms with Crippen LogP contribution >= 0.6 is 0 Å². The first kappa shape index (κ1) is 10.3. The summed E-state index contributed by atoms with van der Waals surface area (Å²) in [5, 5.41) is 22.2. The van der Waals surface area contributed by atoms with Crippen molar-refractivity contribution < 1.29 is 10.2 Å². The molecular weight excluding hydrogens is 208 g/mol. The van der Waals surface area contributed by atoms with Crippen LogP contribution in [0.1, 0.15) is 5.56 Å². The molecule has 0 saturated carbocycles. The summed E-state index contributed by atoms with van der Waals surface area (Å²) in [5.41, 5.74) is 12.5. The topological polar surface area (TPSA) is 110 Å². The zero-order valence-corrected chi connectivity index (χ0v) is 8.46. The second-order valence-corrected chi connectivity index (χ2v) is 3.34. The maximum atomic E-state index is 9.15. The molecule has 6 N–H and O–H groups in total. The van der Waals surface area contributed by atoms with Crippen molar-refractivity contribution in [3.05, 3.63) is 29.8 Å². The van der Waals surface area contributed by atoms with E-state index < -0.39 is 0 Å². The molecule has 0 aliphatic carbocycles. The van der Waals surface area contributed by atoms with E-state index in [9.17, 15) is 0 Å². The van der Waals surface area contributed by atoms with E-state index >= 15 is 0 Å². The van der Waals surface area contributed by atoms with Crippen LogP contribution in [0.2, 0.25) is 0 Å². The van der Waals surface area contributed by atoms with E-state index in [1.54, 1.807) is 12.1 Å². The minimum absolute atomic E-state index is 0.157. The molecule has 0 atom stereocenters. The van der Waals surface area contributed by atoms with Crippen LogP contribution < -0.4 is 11.5 Å². The van der Waals surface area contributed by atoms with Crippen molar-refractivity contribution in [2.75, 3.05) is 11.5 Å². The first-order valence-corrected chi connectivity index (χ1v) is 4.66. The number of phenols is 1. The fraction of sp³-hybridized carbons (Fsp3) is 0.100. The first-order valence-electron chi connectivity index (χ1n) is 4.66. The van der Waals surface area contributed by atoms with E-state index in [2.05, 4.69) is 5.10 Å². The lowest BCUT2D eigenvalue weighted by Gasteiger charge is -2.04. The Balaban J connectivity index is 2.52. The van der Waals surface area contributed by atoms with Gasteiger partial charge in [0.15, 0.2) is 5.82 Å². The highest BCUT2D eigenvalue weighted by Gasteiger charge is 2.13. The van der Waals surface area contributed by atoms with Crippen molar-refractivity contribution in [1.82, 2.24) is 9.78 Å². The van der Waals surface area contributed by atoms with Gasteiger partial charge in [-0.3, -0.25) is 0 Å². The van der Waals surface area contributed by atoms with Crippen LogP contribution in [0.15, 0.2) is 24.3 Å². The fourth-order valence-electron chi connectivity index (χ4n) is 1.43. The molecule has 1 heterocycles. The van der Waals surface area contributed by atoms with Crippen LogP contribution in [-0.4, -0.2) is 20.0 Å². The zero-order valence-electron chi connectivity index (χ0n) is 8.46. The molecule has 0 saturated heterocycles. The molecule has 0 aliphatic rings. The van der Waals surface area contributed by atoms with E-state index in [0.717, 1.165) is 0 Å². The smallest absolute Gasteiger partial charge is 0.153 e. The molecule has 0 unspecified atom stereocenters. The van der Waals surface area contributed by atoms with Crippen molar-refractivity contribution in [3.8, 4) is 11.4 Å². The molecule has 6 heteroatoms. The van der Waals surface area contributed by atoms with Crippen LogP contribution in [0.3, 0.4) is 0 Å². The lowest BCUT2D eigenvalue weighted by molar-refractivity contribution is 0.283. The Morgan fingerprint density at radius 1 is 1.19 bits per heavy atom. The lowest BCUT2D eigenvalue weighted by Crippen LogP contribution is -2.02. The predicted octanol–water partition coefficient (Wildman–Crippen LogP) is 0.235. The number of nitrogen functional groups attached to an aromatic ring is 2. The van der Waals surface area contributed by atoms with Gasteiger partial charge in [-0.1, -0.05) is 0 Å². The number of hydrogen-bond acceptors (Lipinski definition) is 5. The van der Waals surface area contributed by atoms with Gasteiger partial charge in [-0.05, 0) is 24.3 Å². The first-order chi connectivity index (χ1) is 7.63. The highest BCUT2D eigenvalue weighted by atomic mass is 16.3. The highest BCUT2D eigenvalue weighted by Crippen LogP contribution is 2.23. The molecule has 6 nitrogen and oxygen atoms in total. The molecule has 0 aliphatic heterocycles. The van der Waals surface area contributed by atoms with E-state index in [1.807, 2.05) is 0 Å².